The highest BCUT2D eigenvalue weighted by molar-refractivity contribution is 6.32. The van der Waals surface area contributed by atoms with Crippen LogP contribution in [0.4, 0.5) is 5.69 Å². The van der Waals surface area contributed by atoms with E-state index in [0.29, 0.717) is 5.69 Å². The third-order valence-corrected chi connectivity index (χ3v) is 2.79. The van der Waals surface area contributed by atoms with Gasteiger partial charge in [0.15, 0.2) is 5.69 Å². The molecule has 0 aliphatic heterocycles. The summed E-state index contributed by atoms with van der Waals surface area (Å²) in [4.78, 5) is 21.0. The molecule has 0 radical (unpaired) electrons. The second-order valence-electron chi connectivity index (χ2n) is 3.78. The number of nitro benzene ring substituents is 1. The molecule has 0 aliphatic rings. The first-order valence-electron chi connectivity index (χ1n) is 5.14. The summed E-state index contributed by atoms with van der Waals surface area (Å²) in [6, 6.07) is 5.24. The van der Waals surface area contributed by atoms with Crippen LogP contribution in [0.25, 0.3) is 5.69 Å². The van der Waals surface area contributed by atoms with Crippen molar-refractivity contribution < 1.29 is 14.8 Å². The molecule has 0 saturated heterocycles. The van der Waals surface area contributed by atoms with Crippen LogP contribution in [0.5, 0.6) is 0 Å². The fourth-order valence-electron chi connectivity index (χ4n) is 1.60. The molecular weight excluding hydrogens is 274 g/mol. The number of aromatic nitrogens is 2. The summed E-state index contributed by atoms with van der Waals surface area (Å²) in [5, 5.41) is 23.7. The minimum Gasteiger partial charge on any atom is -0.476 e. The molecule has 98 valence electrons. The van der Waals surface area contributed by atoms with Gasteiger partial charge in [0.05, 0.1) is 15.6 Å². The lowest BCUT2D eigenvalue weighted by Crippen LogP contribution is -2.03. The van der Waals surface area contributed by atoms with Gasteiger partial charge in [-0.3, -0.25) is 10.1 Å². The maximum absolute atomic E-state index is 10.8. The second kappa shape index (κ2) is 4.69. The van der Waals surface area contributed by atoms with E-state index < -0.39 is 10.9 Å². The van der Waals surface area contributed by atoms with Gasteiger partial charge in [0.25, 0.3) is 5.69 Å². The number of aromatic carboxylic acids is 1. The maximum Gasteiger partial charge on any atom is 0.356 e. The zero-order valence-electron chi connectivity index (χ0n) is 9.70. The number of benzene rings is 1. The van der Waals surface area contributed by atoms with Gasteiger partial charge in [-0.25, -0.2) is 9.48 Å². The summed E-state index contributed by atoms with van der Waals surface area (Å²) in [7, 11) is 0. The summed E-state index contributed by atoms with van der Waals surface area (Å²) in [6.07, 6.45) is 0. The Morgan fingerprint density at radius 1 is 1.47 bits per heavy atom. The van der Waals surface area contributed by atoms with Crippen molar-refractivity contribution in [1.29, 1.82) is 0 Å². The van der Waals surface area contributed by atoms with Crippen molar-refractivity contribution in [3.63, 3.8) is 0 Å². The van der Waals surface area contributed by atoms with E-state index in [-0.39, 0.29) is 22.1 Å². The minimum atomic E-state index is -1.18. The summed E-state index contributed by atoms with van der Waals surface area (Å²) in [6.45, 7) is 1.63. The second-order valence-corrected chi connectivity index (χ2v) is 4.19. The van der Waals surface area contributed by atoms with E-state index in [1.807, 2.05) is 0 Å². The Balaban J connectivity index is 2.61. The smallest absolute Gasteiger partial charge is 0.356 e. The monoisotopic (exact) mass is 281 g/mol. The fraction of sp³-hybridized carbons (Fsp3) is 0.0909. The molecule has 1 N–H and O–H groups in total. The number of carboxylic acid groups (broad SMARTS) is 1. The standard InChI is InChI=1S/C11H8ClN3O4/c1-6-4-9(11(16)17)13-14(6)10-5-7(15(18)19)2-3-8(10)12/h2-5H,1H3,(H,16,17). The van der Waals surface area contributed by atoms with Crippen molar-refractivity contribution in [2.75, 3.05) is 0 Å². The van der Waals surface area contributed by atoms with Crippen molar-refractivity contribution in [2.45, 2.75) is 6.92 Å². The van der Waals surface area contributed by atoms with Crippen molar-refractivity contribution in [3.05, 3.63) is 50.8 Å². The van der Waals surface area contributed by atoms with Crippen LogP contribution in [-0.2, 0) is 0 Å². The van der Waals surface area contributed by atoms with Gasteiger partial charge in [-0.2, -0.15) is 5.10 Å². The molecule has 0 aliphatic carbocycles. The van der Waals surface area contributed by atoms with E-state index in [4.69, 9.17) is 16.7 Å². The minimum absolute atomic E-state index is 0.147. The average Bonchev–Trinajstić information content (AvgIpc) is 2.72. The van der Waals surface area contributed by atoms with Crippen molar-refractivity contribution >= 4 is 23.3 Å². The number of aryl methyl sites for hydroxylation is 1. The van der Waals surface area contributed by atoms with Crippen LogP contribution >= 0.6 is 11.6 Å². The summed E-state index contributed by atoms with van der Waals surface area (Å²) >= 11 is 5.97. The molecule has 0 unspecified atom stereocenters. The van der Waals surface area contributed by atoms with Gasteiger partial charge in [0.2, 0.25) is 0 Å². The molecule has 0 fully saturated rings. The van der Waals surface area contributed by atoms with E-state index in [9.17, 15) is 14.9 Å². The van der Waals surface area contributed by atoms with E-state index in [2.05, 4.69) is 5.10 Å². The highest BCUT2D eigenvalue weighted by Crippen LogP contribution is 2.26. The lowest BCUT2D eigenvalue weighted by atomic mass is 10.2. The molecule has 1 heterocycles. The molecule has 19 heavy (non-hydrogen) atoms. The SMILES string of the molecule is Cc1cc(C(=O)O)nn1-c1cc([N+](=O)[O-])ccc1Cl. The Bertz CT molecular complexity index is 681. The van der Waals surface area contributed by atoms with Crippen LogP contribution in [0, 0.1) is 17.0 Å². The molecule has 0 bridgehead atoms. The van der Waals surface area contributed by atoms with Crippen LogP contribution < -0.4 is 0 Å². The van der Waals surface area contributed by atoms with E-state index in [1.165, 1.54) is 28.9 Å². The highest BCUT2D eigenvalue weighted by atomic mass is 35.5. The van der Waals surface area contributed by atoms with Gasteiger partial charge in [0.1, 0.15) is 0 Å². The third kappa shape index (κ3) is 2.41. The van der Waals surface area contributed by atoms with Crippen LogP contribution in [0.1, 0.15) is 16.2 Å². The molecule has 7 nitrogen and oxygen atoms in total. The van der Waals surface area contributed by atoms with Gasteiger partial charge < -0.3 is 5.11 Å². The lowest BCUT2D eigenvalue weighted by molar-refractivity contribution is -0.384. The van der Waals surface area contributed by atoms with Gasteiger partial charge in [-0.15, -0.1) is 0 Å². The van der Waals surface area contributed by atoms with E-state index >= 15 is 0 Å². The van der Waals surface area contributed by atoms with E-state index in [0.717, 1.165) is 0 Å². The van der Waals surface area contributed by atoms with Crippen molar-refractivity contribution in [2.24, 2.45) is 0 Å². The third-order valence-electron chi connectivity index (χ3n) is 2.48. The highest BCUT2D eigenvalue weighted by Gasteiger charge is 2.16. The normalized spacial score (nSPS) is 10.4. The number of nitrogens with zero attached hydrogens (tertiary/aromatic N) is 3. The van der Waals surface area contributed by atoms with Gasteiger partial charge in [-0.1, -0.05) is 11.6 Å². The van der Waals surface area contributed by atoms with Crippen LogP contribution in [-0.4, -0.2) is 25.8 Å². The molecule has 2 rings (SSSR count). The van der Waals surface area contributed by atoms with Crippen LogP contribution in [0.3, 0.4) is 0 Å². The average molecular weight is 282 g/mol. The first-order valence-corrected chi connectivity index (χ1v) is 5.52. The summed E-state index contributed by atoms with van der Waals surface area (Å²) in [5.41, 5.74) is 0.479. The molecule has 1 aromatic carbocycles. The molecular formula is C11H8ClN3O4. The van der Waals surface area contributed by atoms with Crippen molar-refractivity contribution in [3.8, 4) is 5.69 Å². The number of carbonyl (C=O) groups is 1. The molecule has 2 aromatic rings. The fourth-order valence-corrected chi connectivity index (χ4v) is 1.80. The lowest BCUT2D eigenvalue weighted by Gasteiger charge is -2.06. The zero-order valence-corrected chi connectivity index (χ0v) is 10.5. The predicted octanol–water partition coefficient (Wildman–Crippen LogP) is 2.44. The largest absolute Gasteiger partial charge is 0.476 e. The molecule has 0 atom stereocenters. The summed E-state index contributed by atoms with van der Waals surface area (Å²) in [5.74, 6) is -1.18. The van der Waals surface area contributed by atoms with E-state index in [1.54, 1.807) is 6.92 Å². The van der Waals surface area contributed by atoms with Crippen LogP contribution in [0.2, 0.25) is 5.02 Å². The quantitative estimate of drug-likeness (QED) is 0.688. The van der Waals surface area contributed by atoms with Crippen LogP contribution in [0.15, 0.2) is 24.3 Å². The number of rotatable bonds is 3. The molecule has 0 spiro atoms. The zero-order chi connectivity index (χ0) is 14.2. The Labute approximate surface area is 112 Å². The predicted molar refractivity (Wildman–Crippen MR) is 66.9 cm³/mol. The van der Waals surface area contributed by atoms with Gasteiger partial charge >= 0.3 is 5.97 Å². The molecule has 1 aromatic heterocycles. The Kier molecular flexibility index (Phi) is 3.22. The van der Waals surface area contributed by atoms with Gasteiger partial charge in [0, 0.05) is 17.8 Å². The first-order chi connectivity index (χ1) is 8.90. The topological polar surface area (TPSA) is 98.3 Å². The summed E-state index contributed by atoms with van der Waals surface area (Å²) < 4.78 is 1.26. The number of hydrogen-bond acceptors (Lipinski definition) is 4. The Morgan fingerprint density at radius 3 is 2.68 bits per heavy atom. The van der Waals surface area contributed by atoms with Gasteiger partial charge in [-0.05, 0) is 19.1 Å². The molecule has 8 heteroatoms. The molecule has 0 saturated carbocycles. The number of non-ortho nitro benzene ring substituents is 1. The molecule has 0 amide bonds. The van der Waals surface area contributed by atoms with Crippen molar-refractivity contribution in [1.82, 2.24) is 9.78 Å². The number of hydrogen-bond donors (Lipinski definition) is 1. The first kappa shape index (κ1) is 13.0. The Hall–Kier alpha value is -2.41. The number of halogens is 1. The number of carboxylic acids is 1. The maximum atomic E-state index is 10.8. The number of nitro groups is 1. The Morgan fingerprint density at radius 2 is 2.16 bits per heavy atom.